The molecule has 1 aliphatic rings. The van der Waals surface area contributed by atoms with E-state index in [0.29, 0.717) is 6.04 Å². The van der Waals surface area contributed by atoms with Crippen molar-refractivity contribution in [2.75, 3.05) is 20.1 Å². The van der Waals surface area contributed by atoms with Gasteiger partial charge in [0.15, 0.2) is 0 Å². The van der Waals surface area contributed by atoms with Crippen LogP contribution in [0.15, 0.2) is 0 Å². The lowest BCUT2D eigenvalue weighted by Gasteiger charge is -2.24. The molecule has 1 unspecified atom stereocenters. The van der Waals surface area contributed by atoms with E-state index in [1.807, 2.05) is 0 Å². The lowest BCUT2D eigenvalue weighted by molar-refractivity contribution is 0.242. The number of hydrogen-bond acceptors (Lipinski definition) is 2. The highest BCUT2D eigenvalue weighted by molar-refractivity contribution is 4.70. The highest BCUT2D eigenvalue weighted by Crippen LogP contribution is 2.27. The highest BCUT2D eigenvalue weighted by Gasteiger charge is 2.16. The van der Waals surface area contributed by atoms with Crippen LogP contribution >= 0.6 is 0 Å². The standard InChI is InChI=1S/C11H24N2/c1-10(9-12)13(2)8-7-11-5-3-4-6-11/h10-11H,3-9,12H2,1-2H3. The van der Waals surface area contributed by atoms with Crippen LogP contribution in [-0.2, 0) is 0 Å². The molecule has 2 N–H and O–H groups in total. The summed E-state index contributed by atoms with van der Waals surface area (Å²) in [5.74, 6) is 1.01. The Bertz CT molecular complexity index is 130. The predicted molar refractivity (Wildman–Crippen MR) is 57.7 cm³/mol. The number of likely N-dealkylation sites (N-methyl/N-ethyl adjacent to an activating group) is 1. The molecule has 78 valence electrons. The predicted octanol–water partition coefficient (Wildman–Crippen LogP) is 1.85. The number of nitrogens with two attached hydrogens (primary N) is 1. The van der Waals surface area contributed by atoms with Crippen LogP contribution in [0.2, 0.25) is 0 Å². The van der Waals surface area contributed by atoms with Gasteiger partial charge >= 0.3 is 0 Å². The molecule has 0 aromatic carbocycles. The Morgan fingerprint density at radius 3 is 2.54 bits per heavy atom. The lowest BCUT2D eigenvalue weighted by atomic mass is 10.0. The average molecular weight is 184 g/mol. The number of hydrogen-bond donors (Lipinski definition) is 1. The maximum Gasteiger partial charge on any atom is 0.0187 e. The first-order valence-corrected chi connectivity index (χ1v) is 5.64. The zero-order valence-electron chi connectivity index (χ0n) is 9.13. The summed E-state index contributed by atoms with van der Waals surface area (Å²) in [6, 6.07) is 0.543. The Balaban J connectivity index is 2.10. The van der Waals surface area contributed by atoms with Crippen molar-refractivity contribution in [3.8, 4) is 0 Å². The van der Waals surface area contributed by atoms with Gasteiger partial charge in [0.2, 0.25) is 0 Å². The summed E-state index contributed by atoms with van der Waals surface area (Å²) >= 11 is 0. The molecule has 2 heteroatoms. The molecule has 0 heterocycles. The molecule has 1 rings (SSSR count). The van der Waals surface area contributed by atoms with Crippen molar-refractivity contribution in [3.05, 3.63) is 0 Å². The Kier molecular flexibility index (Phi) is 4.74. The van der Waals surface area contributed by atoms with Crippen molar-refractivity contribution in [2.24, 2.45) is 11.7 Å². The Morgan fingerprint density at radius 2 is 2.00 bits per heavy atom. The van der Waals surface area contributed by atoms with Crippen molar-refractivity contribution in [2.45, 2.75) is 45.1 Å². The molecule has 2 nitrogen and oxygen atoms in total. The number of rotatable bonds is 5. The summed E-state index contributed by atoms with van der Waals surface area (Å²) < 4.78 is 0. The van der Waals surface area contributed by atoms with Gasteiger partial charge in [-0.2, -0.15) is 0 Å². The van der Waals surface area contributed by atoms with Gasteiger partial charge in [0.25, 0.3) is 0 Å². The SMILES string of the molecule is CC(CN)N(C)CCC1CCCC1. The maximum absolute atomic E-state index is 5.62. The summed E-state index contributed by atoms with van der Waals surface area (Å²) in [4.78, 5) is 2.39. The quantitative estimate of drug-likeness (QED) is 0.706. The normalized spacial score (nSPS) is 21.2. The second-order valence-corrected chi connectivity index (χ2v) is 4.50. The van der Waals surface area contributed by atoms with Gasteiger partial charge in [-0.05, 0) is 32.9 Å². The molecule has 0 saturated heterocycles. The second kappa shape index (κ2) is 5.61. The minimum atomic E-state index is 0.543. The van der Waals surface area contributed by atoms with Gasteiger partial charge in [-0.1, -0.05) is 25.7 Å². The van der Waals surface area contributed by atoms with Crippen molar-refractivity contribution in [3.63, 3.8) is 0 Å². The maximum atomic E-state index is 5.62. The fourth-order valence-corrected chi connectivity index (χ4v) is 2.09. The van der Waals surface area contributed by atoms with Crippen LogP contribution in [0.25, 0.3) is 0 Å². The van der Waals surface area contributed by atoms with Gasteiger partial charge in [-0.3, -0.25) is 0 Å². The molecule has 13 heavy (non-hydrogen) atoms. The zero-order chi connectivity index (χ0) is 9.68. The van der Waals surface area contributed by atoms with Crippen LogP contribution in [0.4, 0.5) is 0 Å². The average Bonchev–Trinajstić information content (AvgIpc) is 2.65. The van der Waals surface area contributed by atoms with Crippen molar-refractivity contribution in [1.82, 2.24) is 4.90 Å². The van der Waals surface area contributed by atoms with Crippen LogP contribution in [0.1, 0.15) is 39.0 Å². The topological polar surface area (TPSA) is 29.3 Å². The first kappa shape index (κ1) is 11.0. The summed E-state index contributed by atoms with van der Waals surface area (Å²) in [6.45, 7) is 4.21. The summed E-state index contributed by atoms with van der Waals surface area (Å²) in [5.41, 5.74) is 5.62. The van der Waals surface area contributed by atoms with E-state index in [4.69, 9.17) is 5.73 Å². The Morgan fingerprint density at radius 1 is 1.38 bits per heavy atom. The third-order valence-electron chi connectivity index (χ3n) is 3.46. The molecule has 0 amide bonds. The van der Waals surface area contributed by atoms with Crippen molar-refractivity contribution >= 4 is 0 Å². The third-order valence-corrected chi connectivity index (χ3v) is 3.46. The van der Waals surface area contributed by atoms with Crippen LogP contribution < -0.4 is 5.73 Å². The first-order chi connectivity index (χ1) is 6.24. The molecule has 1 atom stereocenters. The summed E-state index contributed by atoms with van der Waals surface area (Å²) in [5, 5.41) is 0. The van der Waals surface area contributed by atoms with E-state index in [1.165, 1.54) is 38.6 Å². The molecule has 0 aromatic rings. The van der Waals surface area contributed by atoms with Crippen LogP contribution in [-0.4, -0.2) is 31.1 Å². The molecule has 1 aliphatic carbocycles. The molecule has 1 fully saturated rings. The van der Waals surface area contributed by atoms with Crippen molar-refractivity contribution < 1.29 is 0 Å². The van der Waals surface area contributed by atoms with Gasteiger partial charge in [-0.15, -0.1) is 0 Å². The van der Waals surface area contributed by atoms with E-state index in [0.717, 1.165) is 12.5 Å². The third kappa shape index (κ3) is 3.65. The molecular formula is C11H24N2. The van der Waals surface area contributed by atoms with Gasteiger partial charge < -0.3 is 10.6 Å². The molecular weight excluding hydrogens is 160 g/mol. The van der Waals surface area contributed by atoms with Crippen LogP contribution in [0, 0.1) is 5.92 Å². The van der Waals surface area contributed by atoms with E-state index in [2.05, 4.69) is 18.9 Å². The fraction of sp³-hybridized carbons (Fsp3) is 1.00. The van der Waals surface area contributed by atoms with E-state index in [1.54, 1.807) is 0 Å². The van der Waals surface area contributed by atoms with Gasteiger partial charge in [0, 0.05) is 12.6 Å². The molecule has 0 aliphatic heterocycles. The van der Waals surface area contributed by atoms with Crippen LogP contribution in [0.3, 0.4) is 0 Å². The Hall–Kier alpha value is -0.0800. The highest BCUT2D eigenvalue weighted by atomic mass is 15.1. The monoisotopic (exact) mass is 184 g/mol. The smallest absolute Gasteiger partial charge is 0.0187 e. The van der Waals surface area contributed by atoms with E-state index in [-0.39, 0.29) is 0 Å². The van der Waals surface area contributed by atoms with Crippen molar-refractivity contribution in [1.29, 1.82) is 0 Å². The largest absolute Gasteiger partial charge is 0.329 e. The zero-order valence-corrected chi connectivity index (χ0v) is 9.13. The molecule has 0 spiro atoms. The van der Waals surface area contributed by atoms with Gasteiger partial charge in [0.1, 0.15) is 0 Å². The van der Waals surface area contributed by atoms with Gasteiger partial charge in [0.05, 0.1) is 0 Å². The van der Waals surface area contributed by atoms with Crippen LogP contribution in [0.5, 0.6) is 0 Å². The van der Waals surface area contributed by atoms with E-state index >= 15 is 0 Å². The lowest BCUT2D eigenvalue weighted by Crippen LogP contribution is -2.36. The summed E-state index contributed by atoms with van der Waals surface area (Å²) in [7, 11) is 2.19. The molecule has 0 bridgehead atoms. The van der Waals surface area contributed by atoms with Gasteiger partial charge in [-0.25, -0.2) is 0 Å². The Labute approximate surface area is 82.5 Å². The van der Waals surface area contributed by atoms with E-state index < -0.39 is 0 Å². The molecule has 0 aromatic heterocycles. The minimum Gasteiger partial charge on any atom is -0.329 e. The molecule has 1 saturated carbocycles. The minimum absolute atomic E-state index is 0.543. The second-order valence-electron chi connectivity index (χ2n) is 4.50. The first-order valence-electron chi connectivity index (χ1n) is 5.64. The molecule has 0 radical (unpaired) electrons. The van der Waals surface area contributed by atoms with E-state index in [9.17, 15) is 0 Å². The summed E-state index contributed by atoms with van der Waals surface area (Å²) in [6.07, 6.45) is 7.22. The fourth-order valence-electron chi connectivity index (χ4n) is 2.09. The number of nitrogens with zero attached hydrogens (tertiary/aromatic N) is 1.